The van der Waals surface area contributed by atoms with Gasteiger partial charge in [0, 0.05) is 6.54 Å². The highest BCUT2D eigenvalue weighted by Gasteiger charge is 2.53. The van der Waals surface area contributed by atoms with Gasteiger partial charge >= 0.3 is 21.7 Å². The molecule has 27 heavy (non-hydrogen) atoms. The van der Waals surface area contributed by atoms with Crippen LogP contribution < -0.4 is 9.21 Å². The third-order valence-electron chi connectivity index (χ3n) is 4.11. The predicted octanol–water partition coefficient (Wildman–Crippen LogP) is 3.52. The van der Waals surface area contributed by atoms with E-state index in [1.807, 2.05) is 0 Å². The van der Waals surface area contributed by atoms with Crippen molar-refractivity contribution in [2.45, 2.75) is 25.5 Å². The molecule has 1 atom stereocenters. The molecule has 0 spiro atoms. The quantitative estimate of drug-likeness (QED) is 0.706. The van der Waals surface area contributed by atoms with Crippen LogP contribution in [0.1, 0.15) is 13.8 Å². The molecule has 1 aliphatic heterocycles. The summed E-state index contributed by atoms with van der Waals surface area (Å²) in [4.78, 5) is 13.0. The lowest BCUT2D eigenvalue weighted by molar-refractivity contribution is -0.135. The Kier molecular flexibility index (Phi) is 5.43. The Balaban J connectivity index is 2.74. The van der Waals surface area contributed by atoms with Crippen LogP contribution in [0.2, 0.25) is 0 Å². The van der Waals surface area contributed by atoms with Crippen LogP contribution in [-0.2, 0) is 14.8 Å². The Morgan fingerprint density at radius 1 is 1.07 bits per heavy atom. The Bertz CT molecular complexity index is 820. The van der Waals surface area contributed by atoms with Crippen LogP contribution in [-0.4, -0.2) is 39.1 Å². The maximum absolute atomic E-state index is 13.1. The van der Waals surface area contributed by atoms with Crippen molar-refractivity contribution in [1.29, 1.82) is 0 Å². The Morgan fingerprint density at radius 3 is 2.04 bits per heavy atom. The van der Waals surface area contributed by atoms with Gasteiger partial charge in [-0.15, -0.1) is 0 Å². The standard InChI is InChI=1S/C15H16F6N2O3S/c1-9(2)10-7-23(27(25,26)15(19,20)21)12-6-4-3-5-11(12)22(13(10)24)8-14(16,17)18/h3-6,9-10H,7-8H2,1-2H3/t10-/m1/s1. The molecule has 152 valence electrons. The van der Waals surface area contributed by atoms with Crippen LogP contribution in [0, 0.1) is 11.8 Å². The van der Waals surface area contributed by atoms with Crippen LogP contribution in [0.5, 0.6) is 0 Å². The molecule has 0 bridgehead atoms. The highest BCUT2D eigenvalue weighted by molar-refractivity contribution is 7.93. The SMILES string of the molecule is CC(C)[C@H]1CN(S(=O)(=O)C(F)(F)F)c2ccccc2N(CC(F)(F)F)C1=O. The Labute approximate surface area is 151 Å². The van der Waals surface area contributed by atoms with E-state index in [0.717, 1.165) is 12.1 Å². The zero-order valence-electron chi connectivity index (χ0n) is 14.2. The van der Waals surface area contributed by atoms with Gasteiger partial charge in [0.15, 0.2) is 0 Å². The number of amides is 1. The van der Waals surface area contributed by atoms with E-state index in [4.69, 9.17) is 0 Å². The molecule has 0 saturated carbocycles. The van der Waals surface area contributed by atoms with E-state index in [1.165, 1.54) is 26.0 Å². The first-order valence-corrected chi connectivity index (χ1v) is 9.17. The third-order valence-corrected chi connectivity index (χ3v) is 5.62. The van der Waals surface area contributed by atoms with Crippen molar-refractivity contribution in [1.82, 2.24) is 0 Å². The number of rotatable bonds is 3. The predicted molar refractivity (Wildman–Crippen MR) is 85.5 cm³/mol. The zero-order chi connectivity index (χ0) is 20.8. The largest absolute Gasteiger partial charge is 0.516 e. The third kappa shape index (κ3) is 4.14. The van der Waals surface area contributed by atoms with Crippen molar-refractivity contribution in [3.8, 4) is 0 Å². The maximum atomic E-state index is 13.1. The second kappa shape index (κ2) is 6.88. The van der Waals surface area contributed by atoms with Gasteiger partial charge in [-0.2, -0.15) is 34.8 Å². The van der Waals surface area contributed by atoms with E-state index >= 15 is 0 Å². The van der Waals surface area contributed by atoms with Crippen LogP contribution in [0.4, 0.5) is 37.7 Å². The van der Waals surface area contributed by atoms with Crippen molar-refractivity contribution >= 4 is 27.3 Å². The van der Waals surface area contributed by atoms with Crippen molar-refractivity contribution in [2.24, 2.45) is 11.8 Å². The van der Waals surface area contributed by atoms with Crippen LogP contribution in [0.25, 0.3) is 0 Å². The van der Waals surface area contributed by atoms with Crippen LogP contribution >= 0.6 is 0 Å². The molecule has 2 rings (SSSR count). The van der Waals surface area contributed by atoms with Crippen molar-refractivity contribution in [2.75, 3.05) is 22.3 Å². The van der Waals surface area contributed by atoms with E-state index in [1.54, 1.807) is 0 Å². The number of sulfonamides is 1. The molecule has 1 heterocycles. The number of para-hydroxylation sites is 2. The summed E-state index contributed by atoms with van der Waals surface area (Å²) in [5, 5.41) is 0. The number of halogens is 6. The molecule has 1 aliphatic rings. The topological polar surface area (TPSA) is 57.7 Å². The smallest absolute Gasteiger partial charge is 0.301 e. The first-order chi connectivity index (χ1) is 12.2. The van der Waals surface area contributed by atoms with Gasteiger partial charge in [0.2, 0.25) is 5.91 Å². The molecule has 0 saturated heterocycles. The Morgan fingerprint density at radius 2 is 1.59 bits per heavy atom. The molecule has 0 unspecified atom stereocenters. The summed E-state index contributed by atoms with van der Waals surface area (Å²) < 4.78 is 102. The van der Waals surface area contributed by atoms with E-state index < -0.39 is 63.9 Å². The molecule has 12 heteroatoms. The number of alkyl halides is 6. The summed E-state index contributed by atoms with van der Waals surface area (Å²) in [6, 6.07) is 4.33. The first kappa shape index (κ1) is 21.3. The fraction of sp³-hybridized carbons (Fsp3) is 0.533. The van der Waals surface area contributed by atoms with Crippen LogP contribution in [0.15, 0.2) is 24.3 Å². The van der Waals surface area contributed by atoms with E-state index in [-0.39, 0.29) is 4.31 Å². The minimum Gasteiger partial charge on any atom is -0.301 e. The zero-order valence-corrected chi connectivity index (χ0v) is 15.0. The van der Waals surface area contributed by atoms with Crippen molar-refractivity contribution in [3.05, 3.63) is 24.3 Å². The molecule has 1 aromatic carbocycles. The molecule has 5 nitrogen and oxygen atoms in total. The van der Waals surface area contributed by atoms with Gasteiger partial charge in [-0.25, -0.2) is 0 Å². The van der Waals surface area contributed by atoms with E-state index in [0.29, 0.717) is 4.90 Å². The molecule has 0 radical (unpaired) electrons. The average Bonchev–Trinajstić information content (AvgIpc) is 2.61. The molecule has 0 aromatic heterocycles. The lowest BCUT2D eigenvalue weighted by Crippen LogP contribution is -2.46. The number of nitrogens with zero attached hydrogens (tertiary/aromatic N) is 2. The first-order valence-electron chi connectivity index (χ1n) is 7.73. The van der Waals surface area contributed by atoms with Gasteiger partial charge in [-0.3, -0.25) is 9.10 Å². The lowest BCUT2D eigenvalue weighted by Gasteiger charge is -2.27. The minimum atomic E-state index is -5.92. The minimum absolute atomic E-state index is 0.0265. The van der Waals surface area contributed by atoms with E-state index in [9.17, 15) is 39.6 Å². The number of hydrogen-bond donors (Lipinski definition) is 0. The summed E-state index contributed by atoms with van der Waals surface area (Å²) in [7, 11) is -5.92. The summed E-state index contributed by atoms with van der Waals surface area (Å²) in [6.45, 7) is 0.182. The van der Waals surface area contributed by atoms with Crippen molar-refractivity contribution in [3.63, 3.8) is 0 Å². The maximum Gasteiger partial charge on any atom is 0.516 e. The summed E-state index contributed by atoms with van der Waals surface area (Å²) >= 11 is 0. The number of carbonyl (C=O) groups excluding carboxylic acids is 1. The highest BCUT2D eigenvalue weighted by atomic mass is 32.2. The van der Waals surface area contributed by atoms with Gasteiger partial charge in [0.1, 0.15) is 6.54 Å². The normalized spacial score (nSPS) is 19.3. The highest BCUT2D eigenvalue weighted by Crippen LogP contribution is 2.41. The molecule has 0 N–H and O–H groups in total. The van der Waals surface area contributed by atoms with Gasteiger partial charge in [-0.1, -0.05) is 26.0 Å². The van der Waals surface area contributed by atoms with Crippen molar-refractivity contribution < 1.29 is 39.6 Å². The number of fused-ring (bicyclic) bond motifs is 1. The monoisotopic (exact) mass is 418 g/mol. The second-order valence-corrected chi connectivity index (χ2v) is 8.21. The second-order valence-electron chi connectivity index (χ2n) is 6.36. The Hall–Kier alpha value is -1.98. The fourth-order valence-corrected chi connectivity index (χ4v) is 3.79. The molecule has 0 aliphatic carbocycles. The van der Waals surface area contributed by atoms with Crippen LogP contribution in [0.3, 0.4) is 0 Å². The van der Waals surface area contributed by atoms with Gasteiger partial charge in [0.25, 0.3) is 0 Å². The number of benzene rings is 1. The molecule has 1 amide bonds. The molecular formula is C15H16F6N2O3S. The summed E-state index contributed by atoms with van der Waals surface area (Å²) in [5.74, 6) is -3.18. The van der Waals surface area contributed by atoms with Gasteiger partial charge < -0.3 is 4.90 Å². The lowest BCUT2D eigenvalue weighted by atomic mass is 9.94. The number of carbonyl (C=O) groups is 1. The van der Waals surface area contributed by atoms with E-state index in [2.05, 4.69) is 0 Å². The molecule has 0 fully saturated rings. The molecule has 1 aromatic rings. The number of anilines is 2. The average molecular weight is 418 g/mol. The number of hydrogen-bond acceptors (Lipinski definition) is 3. The van der Waals surface area contributed by atoms with Gasteiger partial charge in [0.05, 0.1) is 17.3 Å². The fourth-order valence-electron chi connectivity index (χ4n) is 2.77. The summed E-state index contributed by atoms with van der Waals surface area (Å²) in [5.41, 5.74) is -6.85. The molecular weight excluding hydrogens is 402 g/mol. The van der Waals surface area contributed by atoms with Gasteiger partial charge in [-0.05, 0) is 18.1 Å². The summed E-state index contributed by atoms with van der Waals surface area (Å²) in [6.07, 6.45) is -4.83.